The van der Waals surface area contributed by atoms with E-state index in [9.17, 15) is 9.59 Å². The zero-order chi connectivity index (χ0) is 24.4. The predicted octanol–water partition coefficient (Wildman–Crippen LogP) is 3.56. The van der Waals surface area contributed by atoms with Crippen LogP contribution in [-0.4, -0.2) is 82.3 Å². The zero-order valence-corrected chi connectivity index (χ0v) is 20.6. The molecule has 0 N–H and O–H groups in total. The summed E-state index contributed by atoms with van der Waals surface area (Å²) in [6.45, 7) is 9.22. The maximum absolute atomic E-state index is 13.6. The normalized spacial score (nSPS) is 21.3. The average molecular weight is 472 g/mol. The molecule has 0 aliphatic carbocycles. The molecule has 0 unspecified atom stereocenters. The largest absolute Gasteiger partial charge is 0.341 e. The Labute approximate surface area is 206 Å². The quantitative estimate of drug-likeness (QED) is 0.582. The molecule has 2 amide bonds. The lowest BCUT2D eigenvalue weighted by atomic mass is 9.92. The molecule has 2 saturated heterocycles. The Morgan fingerprint density at radius 2 is 1.69 bits per heavy atom. The molecule has 2 fully saturated rings. The fourth-order valence-corrected chi connectivity index (χ4v) is 5.45. The first-order chi connectivity index (χ1) is 17.0. The monoisotopic (exact) mass is 471 g/mol. The average Bonchev–Trinajstić information content (AvgIpc) is 2.88. The van der Waals surface area contributed by atoms with Gasteiger partial charge in [-0.25, -0.2) is 4.98 Å². The molecule has 2 aliphatic rings. The van der Waals surface area contributed by atoms with Crippen LogP contribution in [0.25, 0.3) is 22.2 Å². The molecule has 0 spiro atoms. The molecule has 35 heavy (non-hydrogen) atoms. The highest BCUT2D eigenvalue weighted by atomic mass is 16.2. The van der Waals surface area contributed by atoms with Gasteiger partial charge in [0.2, 0.25) is 5.91 Å². The second kappa shape index (κ2) is 10.1. The highest BCUT2D eigenvalue weighted by Gasteiger charge is 2.29. The summed E-state index contributed by atoms with van der Waals surface area (Å²) in [4.78, 5) is 41.6. The second-order valence-electron chi connectivity index (χ2n) is 10.1. The fourth-order valence-electron chi connectivity index (χ4n) is 5.45. The summed E-state index contributed by atoms with van der Waals surface area (Å²) in [5.74, 6) is 1.34. The van der Waals surface area contributed by atoms with Crippen molar-refractivity contribution in [2.24, 2.45) is 11.8 Å². The van der Waals surface area contributed by atoms with Crippen LogP contribution in [0.1, 0.15) is 30.6 Å². The smallest absolute Gasteiger partial charge is 0.254 e. The molecule has 3 aromatic rings. The number of rotatable bonds is 4. The molecule has 7 nitrogen and oxygen atoms in total. The number of benzene rings is 1. The number of hydrogen-bond acceptors (Lipinski definition) is 5. The Bertz CT molecular complexity index is 1200. The molecule has 1 aromatic carbocycles. The molecule has 7 heteroatoms. The van der Waals surface area contributed by atoms with Crippen molar-refractivity contribution in [2.75, 3.05) is 45.8 Å². The number of nitrogens with zero attached hydrogens (tertiary/aromatic N) is 5. The summed E-state index contributed by atoms with van der Waals surface area (Å²) in [7, 11) is 0. The van der Waals surface area contributed by atoms with Crippen LogP contribution in [-0.2, 0) is 4.79 Å². The van der Waals surface area contributed by atoms with E-state index in [0.717, 1.165) is 35.2 Å². The molecule has 0 bridgehead atoms. The highest BCUT2D eigenvalue weighted by Crippen LogP contribution is 2.26. The molecule has 0 saturated carbocycles. The van der Waals surface area contributed by atoms with Crippen LogP contribution < -0.4 is 0 Å². The highest BCUT2D eigenvalue weighted by molar-refractivity contribution is 6.07. The number of hydrogen-bond donors (Lipinski definition) is 0. The number of likely N-dealkylation sites (tertiary alicyclic amines) is 1. The molecule has 4 heterocycles. The number of aromatic nitrogens is 2. The first kappa shape index (κ1) is 23.4. The minimum atomic E-state index is 0.0124. The minimum absolute atomic E-state index is 0.0124. The molecule has 182 valence electrons. The fraction of sp³-hybridized carbons (Fsp3) is 0.429. The lowest BCUT2D eigenvalue weighted by molar-refractivity contribution is -0.135. The van der Waals surface area contributed by atoms with Crippen molar-refractivity contribution in [3.05, 3.63) is 60.4 Å². The van der Waals surface area contributed by atoms with E-state index in [4.69, 9.17) is 4.98 Å². The molecular formula is C28H33N5O2. The zero-order valence-electron chi connectivity index (χ0n) is 20.6. The van der Waals surface area contributed by atoms with Gasteiger partial charge in [0, 0.05) is 62.6 Å². The van der Waals surface area contributed by atoms with Crippen molar-refractivity contribution in [1.29, 1.82) is 0 Å². The van der Waals surface area contributed by atoms with Gasteiger partial charge in [0.25, 0.3) is 5.91 Å². The van der Waals surface area contributed by atoms with Crippen molar-refractivity contribution < 1.29 is 9.59 Å². The van der Waals surface area contributed by atoms with Crippen LogP contribution in [0.4, 0.5) is 0 Å². The maximum atomic E-state index is 13.6. The molecular weight excluding hydrogens is 438 g/mol. The van der Waals surface area contributed by atoms with E-state index in [2.05, 4.69) is 23.7 Å². The number of piperazine rings is 1. The number of carbonyl (C=O) groups excluding carboxylic acids is 2. The third kappa shape index (κ3) is 5.20. The number of piperidine rings is 1. The summed E-state index contributed by atoms with van der Waals surface area (Å²) in [6, 6.07) is 13.5. The summed E-state index contributed by atoms with van der Waals surface area (Å²) in [5.41, 5.74) is 3.09. The number of carbonyl (C=O) groups is 2. The summed E-state index contributed by atoms with van der Waals surface area (Å²) < 4.78 is 0. The van der Waals surface area contributed by atoms with Crippen LogP contribution in [0, 0.1) is 11.8 Å². The molecule has 2 aromatic heterocycles. The van der Waals surface area contributed by atoms with Gasteiger partial charge in [-0.3, -0.25) is 19.5 Å². The second-order valence-corrected chi connectivity index (χ2v) is 10.1. The van der Waals surface area contributed by atoms with Crippen molar-refractivity contribution in [2.45, 2.75) is 20.3 Å². The first-order valence-electron chi connectivity index (χ1n) is 12.6. The van der Waals surface area contributed by atoms with Gasteiger partial charge in [0.05, 0.1) is 23.3 Å². The Hall–Kier alpha value is -3.32. The van der Waals surface area contributed by atoms with Gasteiger partial charge in [-0.2, -0.15) is 0 Å². The van der Waals surface area contributed by atoms with E-state index < -0.39 is 0 Å². The molecule has 2 aliphatic heterocycles. The van der Waals surface area contributed by atoms with Gasteiger partial charge in [0.1, 0.15) is 0 Å². The van der Waals surface area contributed by atoms with Crippen LogP contribution >= 0.6 is 0 Å². The van der Waals surface area contributed by atoms with Gasteiger partial charge in [-0.15, -0.1) is 0 Å². The summed E-state index contributed by atoms with van der Waals surface area (Å²) in [6.07, 6.45) is 4.69. The van der Waals surface area contributed by atoms with E-state index in [1.54, 1.807) is 12.4 Å². The van der Waals surface area contributed by atoms with E-state index in [0.29, 0.717) is 50.1 Å². The Kier molecular flexibility index (Phi) is 6.77. The topological polar surface area (TPSA) is 69.6 Å². The van der Waals surface area contributed by atoms with Crippen molar-refractivity contribution in [3.63, 3.8) is 0 Å². The molecule has 2 atom stereocenters. The van der Waals surface area contributed by atoms with Gasteiger partial charge >= 0.3 is 0 Å². The van der Waals surface area contributed by atoms with Gasteiger partial charge in [-0.05, 0) is 42.5 Å². The Morgan fingerprint density at radius 1 is 0.943 bits per heavy atom. The van der Waals surface area contributed by atoms with Crippen molar-refractivity contribution in [3.8, 4) is 11.3 Å². The number of amides is 2. The van der Waals surface area contributed by atoms with Crippen LogP contribution in [0.3, 0.4) is 0 Å². The third-order valence-electron chi connectivity index (χ3n) is 7.14. The van der Waals surface area contributed by atoms with Gasteiger partial charge in [0.15, 0.2) is 0 Å². The lowest BCUT2D eigenvalue weighted by Gasteiger charge is -2.38. The van der Waals surface area contributed by atoms with E-state index in [1.807, 2.05) is 52.3 Å². The summed E-state index contributed by atoms with van der Waals surface area (Å²) >= 11 is 0. The number of para-hydroxylation sites is 1. The molecule has 0 radical (unpaired) electrons. The lowest BCUT2D eigenvalue weighted by Crippen LogP contribution is -2.53. The van der Waals surface area contributed by atoms with Crippen LogP contribution in [0.2, 0.25) is 0 Å². The van der Waals surface area contributed by atoms with E-state index in [1.165, 1.54) is 6.42 Å². The Balaban J connectivity index is 1.28. The van der Waals surface area contributed by atoms with Gasteiger partial charge < -0.3 is 9.80 Å². The number of pyridine rings is 2. The Morgan fingerprint density at radius 3 is 2.40 bits per heavy atom. The summed E-state index contributed by atoms with van der Waals surface area (Å²) in [5, 5.41) is 0.857. The van der Waals surface area contributed by atoms with E-state index >= 15 is 0 Å². The van der Waals surface area contributed by atoms with E-state index in [-0.39, 0.29) is 11.8 Å². The predicted molar refractivity (Wildman–Crippen MR) is 137 cm³/mol. The standard InChI is InChI=1S/C28H33N5O2/c1-20-14-21(2)18-33(17-20)27(34)19-31-10-12-32(13-11-31)28(35)24-15-26(22-6-5-9-29-16-22)30-25-8-4-3-7-23(24)25/h3-9,15-16,20-21H,10-14,17-19H2,1-2H3/t20-,21-/m0/s1. The van der Waals surface area contributed by atoms with Crippen molar-refractivity contribution >= 4 is 22.7 Å². The third-order valence-corrected chi connectivity index (χ3v) is 7.14. The van der Waals surface area contributed by atoms with Crippen molar-refractivity contribution in [1.82, 2.24) is 24.7 Å². The maximum Gasteiger partial charge on any atom is 0.254 e. The SMILES string of the molecule is C[C@H]1C[C@H](C)CN(C(=O)CN2CCN(C(=O)c3cc(-c4cccnc4)nc4ccccc34)CC2)C1. The van der Waals surface area contributed by atoms with Crippen LogP contribution in [0.15, 0.2) is 54.9 Å². The van der Waals surface area contributed by atoms with Gasteiger partial charge in [-0.1, -0.05) is 32.0 Å². The van der Waals surface area contributed by atoms with Crippen LogP contribution in [0.5, 0.6) is 0 Å². The molecule has 5 rings (SSSR count). The minimum Gasteiger partial charge on any atom is -0.341 e. The first-order valence-corrected chi connectivity index (χ1v) is 12.6. The number of fused-ring (bicyclic) bond motifs is 1.